The van der Waals surface area contributed by atoms with Gasteiger partial charge in [-0.2, -0.15) is 0 Å². The summed E-state index contributed by atoms with van der Waals surface area (Å²) >= 11 is 3.30. The van der Waals surface area contributed by atoms with E-state index >= 15 is 0 Å². The van der Waals surface area contributed by atoms with Gasteiger partial charge in [0.2, 0.25) is 0 Å². The molecule has 0 aromatic heterocycles. The van der Waals surface area contributed by atoms with E-state index in [0.717, 1.165) is 0 Å². The van der Waals surface area contributed by atoms with E-state index in [1.54, 1.807) is 26.0 Å². The van der Waals surface area contributed by atoms with Crippen molar-refractivity contribution in [3.8, 4) is 11.5 Å². The lowest BCUT2D eigenvalue weighted by atomic mass is 9.85. The van der Waals surface area contributed by atoms with E-state index in [1.807, 2.05) is 0 Å². The summed E-state index contributed by atoms with van der Waals surface area (Å²) in [7, 11) is 1.45. The van der Waals surface area contributed by atoms with Crippen molar-refractivity contribution < 1.29 is 19.7 Å². The predicted octanol–water partition coefficient (Wildman–Crippen LogP) is 2.82. The zero-order valence-electron chi connectivity index (χ0n) is 9.95. The minimum Gasteiger partial charge on any atom is -0.504 e. The van der Waals surface area contributed by atoms with Crippen molar-refractivity contribution in [2.24, 2.45) is 5.41 Å². The van der Waals surface area contributed by atoms with Gasteiger partial charge in [-0.05, 0) is 32.4 Å². The van der Waals surface area contributed by atoms with Crippen LogP contribution >= 0.6 is 15.9 Å². The summed E-state index contributed by atoms with van der Waals surface area (Å²) in [6, 6.07) is 3.35. The molecule has 0 fully saturated rings. The highest BCUT2D eigenvalue weighted by Crippen LogP contribution is 2.38. The Kier molecular flexibility index (Phi) is 4.03. The first kappa shape index (κ1) is 13.8. The summed E-state index contributed by atoms with van der Waals surface area (Å²) in [4.78, 5) is 11.1. The van der Waals surface area contributed by atoms with Crippen LogP contribution in [-0.4, -0.2) is 23.3 Å². The molecule has 0 saturated carbocycles. The molecule has 5 heteroatoms. The number of phenolic OH excluding ortho intramolecular Hbond substituents is 1. The molecule has 94 valence electrons. The first-order valence-corrected chi connectivity index (χ1v) is 5.86. The van der Waals surface area contributed by atoms with Gasteiger partial charge in [-0.3, -0.25) is 4.79 Å². The highest BCUT2D eigenvalue weighted by atomic mass is 79.9. The first-order chi connectivity index (χ1) is 7.79. The number of aliphatic carboxylic acids is 1. The number of carboxylic acid groups (broad SMARTS) is 1. The molecule has 4 nitrogen and oxygen atoms in total. The Balaban J connectivity index is 3.18. The van der Waals surface area contributed by atoms with Gasteiger partial charge in [0.15, 0.2) is 11.5 Å². The molecule has 1 aromatic rings. The topological polar surface area (TPSA) is 66.8 Å². The Morgan fingerprint density at radius 2 is 2.06 bits per heavy atom. The number of halogens is 1. The number of hydrogen-bond acceptors (Lipinski definition) is 3. The number of carboxylic acids is 1. The van der Waals surface area contributed by atoms with Crippen LogP contribution in [-0.2, 0) is 11.2 Å². The Bertz CT molecular complexity index is 440. The number of methoxy groups -OCH3 is 1. The van der Waals surface area contributed by atoms with Gasteiger partial charge in [-0.15, -0.1) is 0 Å². The average molecular weight is 303 g/mol. The molecule has 0 spiro atoms. The van der Waals surface area contributed by atoms with Gasteiger partial charge in [0.25, 0.3) is 0 Å². The highest BCUT2D eigenvalue weighted by molar-refractivity contribution is 9.10. The van der Waals surface area contributed by atoms with E-state index < -0.39 is 11.4 Å². The van der Waals surface area contributed by atoms with Crippen molar-refractivity contribution >= 4 is 21.9 Å². The molecule has 2 N–H and O–H groups in total. The fraction of sp³-hybridized carbons (Fsp3) is 0.417. The second-order valence-electron chi connectivity index (χ2n) is 4.44. The minimum atomic E-state index is -0.952. The van der Waals surface area contributed by atoms with Gasteiger partial charge in [0, 0.05) is 10.0 Å². The zero-order valence-corrected chi connectivity index (χ0v) is 11.5. The summed E-state index contributed by atoms with van der Waals surface area (Å²) in [5, 5.41) is 19.0. The molecular weight excluding hydrogens is 288 g/mol. The molecule has 0 saturated heterocycles. The van der Waals surface area contributed by atoms with Crippen molar-refractivity contribution in [3.05, 3.63) is 22.2 Å². The summed E-state index contributed by atoms with van der Waals surface area (Å²) in [6.07, 6.45) is 0.214. The largest absolute Gasteiger partial charge is 0.504 e. The summed E-state index contributed by atoms with van der Waals surface area (Å²) in [5.74, 6) is -0.591. The first-order valence-electron chi connectivity index (χ1n) is 5.07. The van der Waals surface area contributed by atoms with Crippen molar-refractivity contribution in [3.63, 3.8) is 0 Å². The molecule has 0 bridgehead atoms. The monoisotopic (exact) mass is 302 g/mol. The van der Waals surface area contributed by atoms with E-state index in [2.05, 4.69) is 15.9 Å². The van der Waals surface area contributed by atoms with Crippen LogP contribution in [0.15, 0.2) is 16.6 Å². The Morgan fingerprint density at radius 1 is 1.47 bits per heavy atom. The van der Waals surface area contributed by atoms with Crippen LogP contribution in [0.4, 0.5) is 0 Å². The van der Waals surface area contributed by atoms with Gasteiger partial charge in [0.1, 0.15) is 0 Å². The van der Waals surface area contributed by atoms with Crippen LogP contribution in [0.2, 0.25) is 0 Å². The Morgan fingerprint density at radius 3 is 2.53 bits per heavy atom. The van der Waals surface area contributed by atoms with Crippen LogP contribution in [0.5, 0.6) is 11.5 Å². The lowest BCUT2D eigenvalue weighted by molar-refractivity contribution is -0.146. The smallest absolute Gasteiger partial charge is 0.309 e. The molecule has 1 aromatic carbocycles. The molecule has 0 atom stereocenters. The normalized spacial score (nSPS) is 11.3. The van der Waals surface area contributed by atoms with Crippen molar-refractivity contribution in [2.75, 3.05) is 7.11 Å². The van der Waals surface area contributed by atoms with Gasteiger partial charge in [-0.25, -0.2) is 0 Å². The third kappa shape index (κ3) is 2.91. The van der Waals surface area contributed by atoms with Crippen LogP contribution in [0.3, 0.4) is 0 Å². The molecule has 17 heavy (non-hydrogen) atoms. The molecule has 0 amide bonds. The standard InChI is InChI=1S/C12H15BrO4/c1-12(2,11(15)16)6-7-8(13)4-5-9(17-3)10(7)14/h4-5,14H,6H2,1-3H3,(H,15,16). The van der Waals surface area contributed by atoms with Crippen molar-refractivity contribution in [1.82, 2.24) is 0 Å². The van der Waals surface area contributed by atoms with E-state index in [0.29, 0.717) is 15.8 Å². The lowest BCUT2D eigenvalue weighted by Crippen LogP contribution is -2.26. The average Bonchev–Trinajstić information content (AvgIpc) is 2.24. The minimum absolute atomic E-state index is 0.0174. The Labute approximate surface area is 108 Å². The van der Waals surface area contributed by atoms with Crippen LogP contribution in [0.25, 0.3) is 0 Å². The second-order valence-corrected chi connectivity index (χ2v) is 5.30. The SMILES string of the molecule is COc1ccc(Br)c(CC(C)(C)C(=O)O)c1O. The quantitative estimate of drug-likeness (QED) is 0.897. The molecular formula is C12H15BrO4. The van der Waals surface area contributed by atoms with E-state index in [4.69, 9.17) is 9.84 Å². The maximum Gasteiger partial charge on any atom is 0.309 e. The van der Waals surface area contributed by atoms with Crippen LogP contribution in [0, 0.1) is 5.41 Å². The summed E-state index contributed by atoms with van der Waals surface area (Å²) < 4.78 is 5.67. The van der Waals surface area contributed by atoms with Crippen molar-refractivity contribution in [2.45, 2.75) is 20.3 Å². The summed E-state index contributed by atoms with van der Waals surface area (Å²) in [5.41, 5.74) is -0.413. The van der Waals surface area contributed by atoms with Gasteiger partial charge in [-0.1, -0.05) is 15.9 Å². The van der Waals surface area contributed by atoms with Gasteiger partial charge >= 0.3 is 5.97 Å². The summed E-state index contributed by atoms with van der Waals surface area (Å²) in [6.45, 7) is 3.22. The van der Waals surface area contributed by atoms with E-state index in [1.165, 1.54) is 7.11 Å². The molecule has 1 rings (SSSR count). The molecule has 0 heterocycles. The highest BCUT2D eigenvalue weighted by Gasteiger charge is 2.30. The number of aromatic hydroxyl groups is 1. The number of hydrogen-bond donors (Lipinski definition) is 2. The third-order valence-corrected chi connectivity index (χ3v) is 3.35. The maximum absolute atomic E-state index is 11.1. The maximum atomic E-state index is 11.1. The van der Waals surface area contributed by atoms with Crippen molar-refractivity contribution in [1.29, 1.82) is 0 Å². The molecule has 0 aliphatic heterocycles. The fourth-order valence-electron chi connectivity index (χ4n) is 1.44. The van der Waals surface area contributed by atoms with Gasteiger partial charge < -0.3 is 14.9 Å². The van der Waals surface area contributed by atoms with E-state index in [-0.39, 0.29) is 12.2 Å². The number of benzene rings is 1. The number of rotatable bonds is 4. The number of phenols is 1. The Hall–Kier alpha value is -1.23. The zero-order chi connectivity index (χ0) is 13.2. The lowest BCUT2D eigenvalue weighted by Gasteiger charge is -2.21. The molecule has 0 aliphatic rings. The van der Waals surface area contributed by atoms with Crippen LogP contribution in [0.1, 0.15) is 19.4 Å². The second kappa shape index (κ2) is 4.96. The van der Waals surface area contributed by atoms with E-state index in [9.17, 15) is 9.90 Å². The molecule has 0 unspecified atom stereocenters. The third-order valence-electron chi connectivity index (χ3n) is 2.61. The predicted molar refractivity (Wildman–Crippen MR) is 67.5 cm³/mol. The fourth-order valence-corrected chi connectivity index (χ4v) is 1.90. The van der Waals surface area contributed by atoms with Crippen LogP contribution < -0.4 is 4.74 Å². The van der Waals surface area contributed by atoms with Gasteiger partial charge in [0.05, 0.1) is 12.5 Å². The number of carbonyl (C=O) groups is 1. The molecule has 0 aliphatic carbocycles. The molecule has 0 radical (unpaired) electrons. The number of ether oxygens (including phenoxy) is 1.